The molecule has 2 unspecified atom stereocenters. The Bertz CT molecular complexity index is 1280. The van der Waals surface area contributed by atoms with Crippen molar-refractivity contribution in [2.24, 2.45) is 13.0 Å². The molecule has 1 aromatic carbocycles. The Morgan fingerprint density at radius 2 is 1.97 bits per heavy atom. The summed E-state index contributed by atoms with van der Waals surface area (Å²) < 4.78 is 32.4. The molecule has 0 spiro atoms. The molecular formula is C20H20FN3O5. The first-order valence-electron chi connectivity index (χ1n) is 9.58. The number of hydrogen-bond donors (Lipinski definition) is 0. The molecule has 9 heteroatoms. The van der Waals surface area contributed by atoms with E-state index in [1.165, 1.54) is 24.6 Å². The van der Waals surface area contributed by atoms with Gasteiger partial charge in [0.1, 0.15) is 5.52 Å². The van der Waals surface area contributed by atoms with Gasteiger partial charge in [0.15, 0.2) is 11.2 Å². The molecule has 29 heavy (non-hydrogen) atoms. The highest BCUT2D eigenvalue weighted by molar-refractivity contribution is 6.06. The van der Waals surface area contributed by atoms with Crippen molar-refractivity contribution >= 4 is 22.1 Å². The van der Waals surface area contributed by atoms with Crippen molar-refractivity contribution in [2.75, 3.05) is 20.2 Å². The fourth-order valence-corrected chi connectivity index (χ4v) is 4.47. The summed E-state index contributed by atoms with van der Waals surface area (Å²) in [7, 11) is 2.90. The number of rotatable bonds is 4. The summed E-state index contributed by atoms with van der Waals surface area (Å²) in [4.78, 5) is 26.6. The third kappa shape index (κ3) is 2.88. The maximum Gasteiger partial charge on any atom is 0.336 e. The van der Waals surface area contributed by atoms with E-state index in [0.29, 0.717) is 23.5 Å². The molecule has 1 saturated heterocycles. The highest BCUT2D eigenvalue weighted by Crippen LogP contribution is 2.44. The molecule has 2 aliphatic rings. The smallest absolute Gasteiger partial charge is 0.336 e. The van der Waals surface area contributed by atoms with E-state index in [4.69, 9.17) is 13.6 Å². The zero-order valence-electron chi connectivity index (χ0n) is 16.1. The van der Waals surface area contributed by atoms with E-state index in [1.54, 1.807) is 7.05 Å². The monoisotopic (exact) mass is 401 g/mol. The van der Waals surface area contributed by atoms with Crippen LogP contribution in [0.15, 0.2) is 30.6 Å². The SMILES string of the molecule is COc1c(F)c2oc(=O)ccc(=O)oc1c1c(CCN3CCC4CC43)nn(C)c21. The van der Waals surface area contributed by atoms with Gasteiger partial charge in [0, 0.05) is 38.2 Å². The maximum absolute atomic E-state index is 15.1. The molecule has 152 valence electrons. The minimum Gasteiger partial charge on any atom is -0.490 e. The predicted molar refractivity (Wildman–Crippen MR) is 102 cm³/mol. The van der Waals surface area contributed by atoms with E-state index in [9.17, 15) is 9.59 Å². The minimum atomic E-state index is -0.915. The van der Waals surface area contributed by atoms with Crippen molar-refractivity contribution in [3.05, 3.63) is 44.5 Å². The van der Waals surface area contributed by atoms with Gasteiger partial charge in [-0.15, -0.1) is 0 Å². The molecule has 2 aromatic heterocycles. The van der Waals surface area contributed by atoms with Crippen LogP contribution >= 0.6 is 0 Å². The number of methoxy groups -OCH3 is 1. The van der Waals surface area contributed by atoms with E-state index in [-0.39, 0.29) is 22.4 Å². The molecule has 3 heterocycles. The Kier molecular flexibility index (Phi) is 4.09. The van der Waals surface area contributed by atoms with Crippen molar-refractivity contribution in [3.63, 3.8) is 0 Å². The van der Waals surface area contributed by atoms with Crippen LogP contribution in [0.4, 0.5) is 4.39 Å². The van der Waals surface area contributed by atoms with E-state index in [1.807, 2.05) is 0 Å². The Labute approximate surface area is 164 Å². The molecule has 0 radical (unpaired) electrons. The predicted octanol–water partition coefficient (Wildman–Crippen LogP) is 1.98. The molecule has 2 bridgehead atoms. The molecule has 1 saturated carbocycles. The second-order valence-corrected chi connectivity index (χ2v) is 7.61. The molecule has 2 atom stereocenters. The maximum atomic E-state index is 15.1. The summed E-state index contributed by atoms with van der Waals surface area (Å²) in [6, 6.07) is 2.49. The van der Waals surface area contributed by atoms with Gasteiger partial charge in [-0.2, -0.15) is 9.49 Å². The van der Waals surface area contributed by atoms with Gasteiger partial charge >= 0.3 is 11.3 Å². The third-order valence-electron chi connectivity index (χ3n) is 5.91. The Morgan fingerprint density at radius 1 is 1.24 bits per heavy atom. The van der Waals surface area contributed by atoms with Gasteiger partial charge in [-0.1, -0.05) is 0 Å². The highest BCUT2D eigenvalue weighted by atomic mass is 19.1. The first kappa shape index (κ1) is 18.1. The van der Waals surface area contributed by atoms with E-state index < -0.39 is 17.1 Å². The van der Waals surface area contributed by atoms with Gasteiger partial charge in [-0.05, 0) is 25.3 Å². The van der Waals surface area contributed by atoms with Crippen LogP contribution in [-0.4, -0.2) is 40.9 Å². The van der Waals surface area contributed by atoms with Gasteiger partial charge in [0.2, 0.25) is 11.6 Å². The Hall–Kier alpha value is -2.94. The number of benzene rings is 1. The lowest BCUT2D eigenvalue weighted by molar-refractivity contribution is 0.303. The van der Waals surface area contributed by atoms with Gasteiger partial charge < -0.3 is 13.6 Å². The Morgan fingerprint density at radius 3 is 2.59 bits per heavy atom. The number of ether oxygens (including phenoxy) is 1. The van der Waals surface area contributed by atoms with Crippen molar-refractivity contribution in [3.8, 4) is 5.75 Å². The highest BCUT2D eigenvalue weighted by Gasteiger charge is 2.46. The second kappa shape index (κ2) is 6.55. The zero-order chi connectivity index (χ0) is 20.3. The summed E-state index contributed by atoms with van der Waals surface area (Å²) in [5.74, 6) is -0.389. The lowest BCUT2D eigenvalue weighted by Crippen LogP contribution is -2.25. The molecule has 1 aliphatic carbocycles. The third-order valence-corrected chi connectivity index (χ3v) is 5.91. The number of hydrogen-bond acceptors (Lipinski definition) is 7. The molecular weight excluding hydrogens is 381 g/mol. The molecule has 0 N–H and O–H groups in total. The van der Waals surface area contributed by atoms with Crippen LogP contribution in [0.5, 0.6) is 5.75 Å². The van der Waals surface area contributed by atoms with Crippen LogP contribution < -0.4 is 16.0 Å². The van der Waals surface area contributed by atoms with Crippen LogP contribution in [0.2, 0.25) is 0 Å². The number of nitrogens with zero attached hydrogens (tertiary/aromatic N) is 3. The van der Waals surface area contributed by atoms with Gasteiger partial charge in [-0.3, -0.25) is 9.58 Å². The number of piperidine rings is 1. The van der Waals surface area contributed by atoms with Crippen molar-refractivity contribution in [2.45, 2.75) is 25.3 Å². The summed E-state index contributed by atoms with van der Waals surface area (Å²) in [6.07, 6.45) is 3.06. The minimum absolute atomic E-state index is 0.0508. The number of likely N-dealkylation sites (tertiary alicyclic amines) is 1. The lowest BCUT2D eigenvalue weighted by atomic mass is 10.1. The largest absolute Gasteiger partial charge is 0.490 e. The number of aryl methyl sites for hydroxylation is 1. The standard InChI is InChI=1S/C20H20FN3O5/c1-23-17-15(11(22-23)6-8-24-7-5-10-9-12(10)24)18-20(27-2)16(21)19(17)29-14(26)4-3-13(25)28-18/h3-4,10,12H,5-9H2,1-2H3. The summed E-state index contributed by atoms with van der Waals surface area (Å²) in [5, 5.41) is 4.95. The zero-order valence-corrected chi connectivity index (χ0v) is 16.1. The number of aromatic nitrogens is 2. The lowest BCUT2D eigenvalue weighted by Gasteiger charge is -2.16. The Balaban J connectivity index is 1.79. The summed E-state index contributed by atoms with van der Waals surface area (Å²) in [6.45, 7) is 1.86. The van der Waals surface area contributed by atoms with Crippen LogP contribution in [0.25, 0.3) is 22.1 Å². The summed E-state index contributed by atoms with van der Waals surface area (Å²) in [5.41, 5.74) is -1.18. The average Bonchev–Trinajstić information content (AvgIpc) is 3.25. The van der Waals surface area contributed by atoms with Crippen LogP contribution in [0, 0.1) is 11.7 Å². The first-order valence-corrected chi connectivity index (χ1v) is 9.58. The molecule has 3 aromatic rings. The van der Waals surface area contributed by atoms with Crippen molar-refractivity contribution < 1.29 is 18.0 Å². The van der Waals surface area contributed by atoms with E-state index in [0.717, 1.165) is 31.1 Å². The summed E-state index contributed by atoms with van der Waals surface area (Å²) >= 11 is 0. The normalized spacial score (nSPS) is 20.9. The van der Waals surface area contributed by atoms with Crippen molar-refractivity contribution in [1.29, 1.82) is 0 Å². The van der Waals surface area contributed by atoms with Crippen LogP contribution in [0.1, 0.15) is 18.5 Å². The first-order chi connectivity index (χ1) is 14.0. The molecule has 2 fully saturated rings. The quantitative estimate of drug-likeness (QED) is 0.660. The van der Waals surface area contributed by atoms with Crippen LogP contribution in [-0.2, 0) is 13.5 Å². The average molecular weight is 401 g/mol. The van der Waals surface area contributed by atoms with E-state index in [2.05, 4.69) is 10.00 Å². The topological polar surface area (TPSA) is 90.7 Å². The van der Waals surface area contributed by atoms with Crippen LogP contribution in [0.3, 0.4) is 0 Å². The van der Waals surface area contributed by atoms with Gasteiger partial charge in [0.25, 0.3) is 0 Å². The molecule has 1 aliphatic heterocycles. The van der Waals surface area contributed by atoms with Gasteiger partial charge in [-0.25, -0.2) is 9.59 Å². The fraction of sp³-hybridized carbons (Fsp3) is 0.450. The molecule has 8 nitrogen and oxygen atoms in total. The number of halogens is 1. The van der Waals surface area contributed by atoms with E-state index >= 15 is 4.39 Å². The van der Waals surface area contributed by atoms with Gasteiger partial charge in [0.05, 0.1) is 18.2 Å². The molecule has 5 rings (SSSR count). The molecule has 0 amide bonds. The second-order valence-electron chi connectivity index (χ2n) is 7.61. The van der Waals surface area contributed by atoms with Crippen molar-refractivity contribution in [1.82, 2.24) is 14.7 Å². The number of fused-ring (bicyclic) bond motifs is 7. The fourth-order valence-electron chi connectivity index (χ4n) is 4.47.